The second-order valence-electron chi connectivity index (χ2n) is 5.51. The normalized spacial score (nSPS) is 20.1. The van der Waals surface area contributed by atoms with Gasteiger partial charge in [-0.2, -0.15) is 5.10 Å². The van der Waals surface area contributed by atoms with Crippen LogP contribution in [0.1, 0.15) is 26.2 Å². The van der Waals surface area contributed by atoms with Crippen molar-refractivity contribution in [2.45, 2.75) is 38.8 Å². The lowest BCUT2D eigenvalue weighted by atomic mass is 9.90. The molecule has 4 heteroatoms. The molecule has 1 aliphatic rings. The highest BCUT2D eigenvalue weighted by Crippen LogP contribution is 2.19. The maximum Gasteiger partial charge on any atom is 0.0489 e. The lowest BCUT2D eigenvalue weighted by Crippen LogP contribution is -2.41. The molecule has 0 aromatic carbocycles. The number of likely N-dealkylation sites (tertiary alicyclic amines) is 1. The van der Waals surface area contributed by atoms with Gasteiger partial charge in [-0.1, -0.05) is 0 Å². The predicted molar refractivity (Wildman–Crippen MR) is 74.5 cm³/mol. The molecule has 102 valence electrons. The third-order valence-electron chi connectivity index (χ3n) is 4.06. The topological polar surface area (TPSA) is 33.1 Å². The van der Waals surface area contributed by atoms with Crippen molar-refractivity contribution in [1.82, 2.24) is 20.0 Å². The molecule has 1 fully saturated rings. The molecule has 2 rings (SSSR count). The van der Waals surface area contributed by atoms with E-state index >= 15 is 0 Å². The molecule has 1 aromatic rings. The van der Waals surface area contributed by atoms with Crippen molar-refractivity contribution in [1.29, 1.82) is 0 Å². The van der Waals surface area contributed by atoms with Crippen molar-refractivity contribution in [3.8, 4) is 0 Å². The number of nitrogens with zero attached hydrogens (tertiary/aromatic N) is 3. The summed E-state index contributed by atoms with van der Waals surface area (Å²) in [6, 6.07) is 2.63. The third-order valence-corrected chi connectivity index (χ3v) is 4.06. The van der Waals surface area contributed by atoms with E-state index in [1.54, 1.807) is 0 Å². The van der Waals surface area contributed by atoms with Crippen LogP contribution in [-0.2, 0) is 6.54 Å². The minimum atomic E-state index is 0.649. The van der Waals surface area contributed by atoms with Crippen molar-refractivity contribution < 1.29 is 0 Å². The summed E-state index contributed by atoms with van der Waals surface area (Å²) in [6.45, 7) is 6.95. The van der Waals surface area contributed by atoms with Gasteiger partial charge in [-0.15, -0.1) is 0 Å². The van der Waals surface area contributed by atoms with Gasteiger partial charge in [-0.3, -0.25) is 4.68 Å². The summed E-state index contributed by atoms with van der Waals surface area (Å²) in [5, 5.41) is 7.88. The van der Waals surface area contributed by atoms with Crippen molar-refractivity contribution in [3.05, 3.63) is 18.5 Å². The highest BCUT2D eigenvalue weighted by atomic mass is 15.3. The predicted octanol–water partition coefficient (Wildman–Crippen LogP) is 1.59. The van der Waals surface area contributed by atoms with Crippen molar-refractivity contribution in [2.24, 2.45) is 5.92 Å². The quantitative estimate of drug-likeness (QED) is 0.778. The Kier molecular flexibility index (Phi) is 5.20. The SMILES string of the molecule is CC(NCCCn1cccn1)C1CCN(C)CC1. The van der Waals surface area contributed by atoms with Gasteiger partial charge in [0.25, 0.3) is 0 Å². The number of aromatic nitrogens is 2. The Morgan fingerprint density at radius 3 is 2.83 bits per heavy atom. The molecule has 0 spiro atoms. The first-order valence-corrected chi connectivity index (χ1v) is 7.15. The minimum absolute atomic E-state index is 0.649. The molecule has 0 radical (unpaired) electrons. The molecular weight excluding hydrogens is 224 g/mol. The summed E-state index contributed by atoms with van der Waals surface area (Å²) in [4.78, 5) is 2.43. The number of aryl methyl sites for hydroxylation is 1. The van der Waals surface area contributed by atoms with Gasteiger partial charge in [0.2, 0.25) is 0 Å². The lowest BCUT2D eigenvalue weighted by molar-refractivity contribution is 0.190. The Hall–Kier alpha value is -0.870. The maximum atomic E-state index is 4.21. The summed E-state index contributed by atoms with van der Waals surface area (Å²) >= 11 is 0. The molecule has 1 aliphatic heterocycles. The third kappa shape index (κ3) is 4.10. The summed E-state index contributed by atoms with van der Waals surface area (Å²) in [7, 11) is 2.22. The maximum absolute atomic E-state index is 4.21. The largest absolute Gasteiger partial charge is 0.314 e. The Morgan fingerprint density at radius 1 is 1.39 bits per heavy atom. The van der Waals surface area contributed by atoms with Crippen LogP contribution in [-0.4, -0.2) is 47.4 Å². The molecule has 1 atom stereocenters. The Labute approximate surface area is 110 Å². The van der Waals surface area contributed by atoms with E-state index in [9.17, 15) is 0 Å². The van der Waals surface area contributed by atoms with E-state index in [1.807, 2.05) is 23.1 Å². The molecule has 4 nitrogen and oxygen atoms in total. The van der Waals surface area contributed by atoms with Gasteiger partial charge >= 0.3 is 0 Å². The zero-order chi connectivity index (χ0) is 12.8. The van der Waals surface area contributed by atoms with E-state index in [-0.39, 0.29) is 0 Å². The molecule has 0 bridgehead atoms. The van der Waals surface area contributed by atoms with Crippen LogP contribution in [0.5, 0.6) is 0 Å². The van der Waals surface area contributed by atoms with Crippen LogP contribution >= 0.6 is 0 Å². The second-order valence-corrected chi connectivity index (χ2v) is 5.51. The Balaban J connectivity index is 1.58. The molecular formula is C14H26N4. The molecule has 0 aliphatic carbocycles. The van der Waals surface area contributed by atoms with E-state index in [0.717, 1.165) is 25.4 Å². The summed E-state index contributed by atoms with van der Waals surface area (Å²) in [5.74, 6) is 0.853. The van der Waals surface area contributed by atoms with E-state index in [1.165, 1.54) is 25.9 Å². The second kappa shape index (κ2) is 6.90. The minimum Gasteiger partial charge on any atom is -0.314 e. The zero-order valence-corrected chi connectivity index (χ0v) is 11.7. The number of piperidine rings is 1. The molecule has 1 aromatic heterocycles. The molecule has 0 amide bonds. The number of hydrogen-bond acceptors (Lipinski definition) is 3. The van der Waals surface area contributed by atoms with Gasteiger partial charge < -0.3 is 10.2 Å². The number of rotatable bonds is 6. The summed E-state index contributed by atoms with van der Waals surface area (Å²) in [6.07, 6.45) is 7.70. The van der Waals surface area contributed by atoms with E-state index in [0.29, 0.717) is 6.04 Å². The molecule has 1 saturated heterocycles. The fraction of sp³-hybridized carbons (Fsp3) is 0.786. The molecule has 2 heterocycles. The van der Waals surface area contributed by atoms with E-state index in [2.05, 4.69) is 29.3 Å². The summed E-state index contributed by atoms with van der Waals surface area (Å²) in [5.41, 5.74) is 0. The van der Waals surface area contributed by atoms with Crippen LogP contribution in [0.4, 0.5) is 0 Å². The van der Waals surface area contributed by atoms with Crippen LogP contribution < -0.4 is 5.32 Å². The van der Waals surface area contributed by atoms with E-state index < -0.39 is 0 Å². The van der Waals surface area contributed by atoms with E-state index in [4.69, 9.17) is 0 Å². The average Bonchev–Trinajstić information content (AvgIpc) is 2.88. The fourth-order valence-electron chi connectivity index (χ4n) is 2.70. The van der Waals surface area contributed by atoms with Gasteiger partial charge in [0.1, 0.15) is 0 Å². The highest BCUT2D eigenvalue weighted by Gasteiger charge is 2.21. The van der Waals surface area contributed by atoms with Crippen LogP contribution in [0.25, 0.3) is 0 Å². The van der Waals surface area contributed by atoms with Crippen LogP contribution in [0.15, 0.2) is 18.5 Å². The first-order valence-electron chi connectivity index (χ1n) is 7.15. The lowest BCUT2D eigenvalue weighted by Gasteiger charge is -2.33. The van der Waals surface area contributed by atoms with Gasteiger partial charge in [0.05, 0.1) is 0 Å². The highest BCUT2D eigenvalue weighted by molar-refractivity contribution is 4.79. The van der Waals surface area contributed by atoms with Crippen LogP contribution in [0.2, 0.25) is 0 Å². The smallest absolute Gasteiger partial charge is 0.0489 e. The van der Waals surface area contributed by atoms with Crippen molar-refractivity contribution >= 4 is 0 Å². The van der Waals surface area contributed by atoms with Gasteiger partial charge in [0.15, 0.2) is 0 Å². The zero-order valence-electron chi connectivity index (χ0n) is 11.7. The average molecular weight is 250 g/mol. The first kappa shape index (κ1) is 13.6. The standard InChI is InChI=1S/C14H26N4/c1-13(14-5-11-17(2)12-6-14)15-7-3-9-18-10-4-8-16-18/h4,8,10,13-15H,3,5-7,9,11-12H2,1-2H3. The van der Waals surface area contributed by atoms with Crippen LogP contribution in [0.3, 0.4) is 0 Å². The van der Waals surface area contributed by atoms with Crippen molar-refractivity contribution in [3.63, 3.8) is 0 Å². The van der Waals surface area contributed by atoms with Crippen molar-refractivity contribution in [2.75, 3.05) is 26.7 Å². The summed E-state index contributed by atoms with van der Waals surface area (Å²) < 4.78 is 2.00. The number of hydrogen-bond donors (Lipinski definition) is 1. The monoisotopic (exact) mass is 250 g/mol. The van der Waals surface area contributed by atoms with Gasteiger partial charge in [-0.05, 0) is 64.9 Å². The molecule has 18 heavy (non-hydrogen) atoms. The number of nitrogens with one attached hydrogen (secondary N) is 1. The first-order chi connectivity index (χ1) is 8.75. The van der Waals surface area contributed by atoms with Gasteiger partial charge in [0, 0.05) is 25.0 Å². The van der Waals surface area contributed by atoms with Gasteiger partial charge in [-0.25, -0.2) is 0 Å². The van der Waals surface area contributed by atoms with Crippen LogP contribution in [0, 0.1) is 5.92 Å². The molecule has 0 saturated carbocycles. The molecule has 1 N–H and O–H groups in total. The Morgan fingerprint density at radius 2 is 2.17 bits per heavy atom. The molecule has 1 unspecified atom stereocenters. The fourth-order valence-corrected chi connectivity index (χ4v) is 2.70. The Bertz CT molecular complexity index is 315.